The number of rotatable bonds is 5. The summed E-state index contributed by atoms with van der Waals surface area (Å²) in [7, 11) is 8.35. The number of para-hydroxylation sites is 4. The van der Waals surface area contributed by atoms with Crippen LogP contribution in [0.25, 0.3) is 77.6 Å². The SMILES string of the molecule is Cc1cc(-c2c(C)cccc2C)ncc1-n1cc2ccccc2[n+]1C.Cc1cc(C)c(-[n+]2cc3ccccc3n2C)c(C)n1.Cc1ccc(-n2cc3ccccc3[n+]2C)c(C)c1.Cc1ccnc(C)c1-[n+]1cc2ccccc2n1C. The molecule has 7 aromatic heterocycles. The molecule has 0 fully saturated rings. The van der Waals surface area contributed by atoms with Crippen molar-refractivity contribution in [3.63, 3.8) is 0 Å². The van der Waals surface area contributed by atoms with Gasteiger partial charge in [-0.15, -0.1) is 18.7 Å². The lowest BCUT2D eigenvalue weighted by molar-refractivity contribution is -0.721. The van der Waals surface area contributed by atoms with E-state index < -0.39 is 0 Å². The van der Waals surface area contributed by atoms with Gasteiger partial charge in [0.05, 0.1) is 59.9 Å². The molecule has 0 radical (unpaired) electrons. The Bertz CT molecular complexity index is 4370. The van der Waals surface area contributed by atoms with Crippen LogP contribution in [0.4, 0.5) is 0 Å². The van der Waals surface area contributed by atoms with Gasteiger partial charge in [-0.25, -0.2) is 0 Å². The van der Waals surface area contributed by atoms with Crippen molar-refractivity contribution in [3.8, 4) is 34.0 Å². The maximum atomic E-state index is 4.78. The fraction of sp³-hybridized carbons (Fsp3) is 0.203. The molecule has 0 saturated carbocycles. The third kappa shape index (κ3) is 10.5. The normalized spacial score (nSPS) is 11.1. The van der Waals surface area contributed by atoms with Crippen LogP contribution < -0.4 is 18.7 Å². The highest BCUT2D eigenvalue weighted by molar-refractivity contribution is 5.79. The molecule has 0 amide bonds. The lowest BCUT2D eigenvalue weighted by Crippen LogP contribution is -2.40. The van der Waals surface area contributed by atoms with Crippen molar-refractivity contribution in [2.45, 2.75) is 69.2 Å². The Morgan fingerprint density at radius 2 is 0.912 bits per heavy atom. The number of benzene rings is 6. The molecule has 0 bridgehead atoms. The van der Waals surface area contributed by atoms with Gasteiger partial charge in [-0.1, -0.05) is 93.8 Å². The zero-order chi connectivity index (χ0) is 56.5. The average Bonchev–Trinajstić information content (AvgIpc) is 4.38. The molecule has 0 spiro atoms. The van der Waals surface area contributed by atoms with Crippen molar-refractivity contribution in [1.29, 1.82) is 0 Å². The maximum absolute atomic E-state index is 4.78. The molecule has 0 unspecified atom stereocenters. The topological polar surface area (TPSA) is 73.9 Å². The molecule has 11 nitrogen and oxygen atoms in total. The molecule has 6 aromatic carbocycles. The summed E-state index contributed by atoms with van der Waals surface area (Å²) in [5, 5.41) is 4.97. The van der Waals surface area contributed by atoms with Crippen molar-refractivity contribution in [1.82, 2.24) is 33.7 Å². The van der Waals surface area contributed by atoms with Crippen LogP contribution in [0.1, 0.15) is 56.0 Å². The van der Waals surface area contributed by atoms with Crippen molar-refractivity contribution in [2.75, 3.05) is 0 Å². The summed E-state index contributed by atoms with van der Waals surface area (Å²) in [5.74, 6) is 0. The lowest BCUT2D eigenvalue weighted by atomic mass is 9.98. The quantitative estimate of drug-likeness (QED) is 0.161. The molecule has 7 heterocycles. The van der Waals surface area contributed by atoms with E-state index in [2.05, 4.69) is 301 Å². The lowest BCUT2D eigenvalue weighted by Gasteiger charge is -2.11. The largest absolute Gasteiger partial charge is 0.259 e. The second-order valence-electron chi connectivity index (χ2n) is 21.2. The molecule has 80 heavy (non-hydrogen) atoms. The molecular formula is C69H73N11+4. The fourth-order valence-electron chi connectivity index (χ4n) is 11.4. The summed E-state index contributed by atoms with van der Waals surface area (Å²) >= 11 is 0. The number of nitrogens with zero attached hydrogens (tertiary/aromatic N) is 11. The van der Waals surface area contributed by atoms with E-state index in [-0.39, 0.29) is 0 Å². The Morgan fingerprint density at radius 3 is 1.41 bits per heavy atom. The zero-order valence-electron chi connectivity index (χ0n) is 48.8. The summed E-state index contributed by atoms with van der Waals surface area (Å²) in [4.78, 5) is 13.8. The van der Waals surface area contributed by atoms with E-state index >= 15 is 0 Å². The van der Waals surface area contributed by atoms with Crippen LogP contribution in [0, 0.1) is 69.2 Å². The summed E-state index contributed by atoms with van der Waals surface area (Å²) in [6.07, 6.45) is 12.5. The maximum Gasteiger partial charge on any atom is 0.259 e. The van der Waals surface area contributed by atoms with Gasteiger partial charge in [0.25, 0.3) is 11.4 Å². The Labute approximate surface area is 470 Å². The Kier molecular flexibility index (Phi) is 15.2. The minimum Gasteiger partial charge on any atom is -0.255 e. The van der Waals surface area contributed by atoms with E-state index in [0.29, 0.717) is 0 Å². The van der Waals surface area contributed by atoms with Gasteiger partial charge in [-0.2, -0.15) is 9.36 Å². The first kappa shape index (κ1) is 54.0. The van der Waals surface area contributed by atoms with Gasteiger partial charge in [0.2, 0.25) is 23.4 Å². The van der Waals surface area contributed by atoms with Gasteiger partial charge in [0.15, 0.2) is 14.1 Å². The Morgan fingerprint density at radius 1 is 0.412 bits per heavy atom. The molecule has 0 aliphatic heterocycles. The highest BCUT2D eigenvalue weighted by Gasteiger charge is 2.23. The fourth-order valence-corrected chi connectivity index (χ4v) is 11.4. The van der Waals surface area contributed by atoms with E-state index in [4.69, 9.17) is 4.98 Å². The minimum atomic E-state index is 1.04. The monoisotopic (exact) mass is 1060 g/mol. The first-order valence-electron chi connectivity index (χ1n) is 27.3. The third-order valence-electron chi connectivity index (χ3n) is 15.4. The van der Waals surface area contributed by atoms with Crippen LogP contribution in [0.5, 0.6) is 0 Å². The number of hydrogen-bond donors (Lipinski definition) is 0. The molecule has 13 aromatic rings. The van der Waals surface area contributed by atoms with Gasteiger partial charge in [0, 0.05) is 40.7 Å². The van der Waals surface area contributed by atoms with Crippen LogP contribution in [0.15, 0.2) is 189 Å². The van der Waals surface area contributed by atoms with Gasteiger partial charge in [-0.05, 0) is 152 Å². The van der Waals surface area contributed by atoms with Crippen LogP contribution in [0.2, 0.25) is 0 Å². The molecule has 13 rings (SSSR count). The zero-order valence-corrected chi connectivity index (χ0v) is 48.8. The highest BCUT2D eigenvalue weighted by Crippen LogP contribution is 2.28. The van der Waals surface area contributed by atoms with Crippen molar-refractivity contribution >= 4 is 43.6 Å². The second kappa shape index (κ2) is 22.6. The van der Waals surface area contributed by atoms with E-state index in [1.807, 2.05) is 32.3 Å². The van der Waals surface area contributed by atoms with Gasteiger partial charge in [0.1, 0.15) is 33.8 Å². The molecular weight excluding hydrogens is 983 g/mol. The predicted molar refractivity (Wildman–Crippen MR) is 324 cm³/mol. The Balaban J connectivity index is 0.000000121. The number of pyridine rings is 3. The van der Waals surface area contributed by atoms with Crippen LogP contribution >= 0.6 is 0 Å². The summed E-state index contributed by atoms with van der Waals surface area (Å²) < 4.78 is 17.4. The first-order chi connectivity index (χ1) is 38.5. The molecule has 0 atom stereocenters. The number of fused-ring (bicyclic) bond motifs is 4. The molecule has 0 aliphatic carbocycles. The standard InChI is InChI=1S/C22H22N3.C16H18N3.C16H17N2.C15H16N3/c1-15-8-7-9-16(2)22(15)19-12-17(3)21(13-23-19)25-14-18-10-5-6-11-20(18)24(25)4;1-11-9-12(2)17-13(3)16(11)19-10-14-7-5-6-8-15(14)18(19)4;1-12-8-9-15(13(2)10-12)18-11-14-6-4-5-7-16(14)17(18)3;1-11-8-9-16-12(2)15(11)18-10-13-6-4-5-7-14(13)17(18)3/h5-14H,1-4H3;5-10H,1-4H3;4-11H,1-3H3;4-10H,1-3H3/q4*+1. The summed E-state index contributed by atoms with van der Waals surface area (Å²) in [5.41, 5.74) is 23.8. The van der Waals surface area contributed by atoms with E-state index in [9.17, 15) is 0 Å². The van der Waals surface area contributed by atoms with E-state index in [0.717, 1.165) is 34.2 Å². The summed E-state index contributed by atoms with van der Waals surface area (Å²) in [6, 6.07) is 53.0. The van der Waals surface area contributed by atoms with Gasteiger partial charge < -0.3 is 0 Å². The minimum absolute atomic E-state index is 1.04. The average molecular weight is 1060 g/mol. The van der Waals surface area contributed by atoms with Crippen LogP contribution in [-0.2, 0) is 28.2 Å². The molecule has 0 saturated heterocycles. The van der Waals surface area contributed by atoms with Gasteiger partial charge >= 0.3 is 0 Å². The van der Waals surface area contributed by atoms with Crippen molar-refractivity contribution < 1.29 is 18.7 Å². The van der Waals surface area contributed by atoms with Crippen molar-refractivity contribution in [2.24, 2.45) is 28.2 Å². The number of aryl methyl sites for hydroxylation is 14. The summed E-state index contributed by atoms with van der Waals surface area (Å²) in [6.45, 7) is 21.1. The van der Waals surface area contributed by atoms with E-state index in [1.165, 1.54) is 99.5 Å². The molecule has 400 valence electrons. The molecule has 0 aliphatic rings. The predicted octanol–water partition coefficient (Wildman–Crippen LogP) is 12.8. The number of hydrogen-bond acceptors (Lipinski definition) is 3. The van der Waals surface area contributed by atoms with Gasteiger partial charge in [-0.3, -0.25) is 15.0 Å². The molecule has 11 heteroatoms. The first-order valence-corrected chi connectivity index (χ1v) is 27.3. The van der Waals surface area contributed by atoms with Crippen LogP contribution in [0.3, 0.4) is 0 Å². The highest BCUT2D eigenvalue weighted by atomic mass is 15.4. The smallest absolute Gasteiger partial charge is 0.255 e. The van der Waals surface area contributed by atoms with E-state index in [1.54, 1.807) is 0 Å². The third-order valence-corrected chi connectivity index (χ3v) is 15.4. The Hall–Kier alpha value is -9.35. The van der Waals surface area contributed by atoms with Crippen molar-refractivity contribution in [3.05, 3.63) is 245 Å². The number of aromatic nitrogens is 11. The second-order valence-corrected chi connectivity index (χ2v) is 21.2. The molecule has 0 N–H and O–H groups in total. The van der Waals surface area contributed by atoms with Crippen LogP contribution in [-0.4, -0.2) is 33.7 Å².